The van der Waals surface area contributed by atoms with E-state index in [4.69, 9.17) is 6.42 Å². The minimum absolute atomic E-state index is 0.471. The lowest BCUT2D eigenvalue weighted by molar-refractivity contribution is 0.688. The Balaban J connectivity index is 3.42. The van der Waals surface area contributed by atoms with Gasteiger partial charge < -0.3 is 5.32 Å². The number of allylic oxidation sites excluding steroid dienone is 1. The van der Waals surface area contributed by atoms with Crippen LogP contribution in [0.2, 0.25) is 0 Å². The highest BCUT2D eigenvalue weighted by Crippen LogP contribution is 2.00. The van der Waals surface area contributed by atoms with Crippen molar-refractivity contribution >= 4 is 0 Å². The zero-order chi connectivity index (χ0) is 7.28. The average molecular weight is 123 g/mol. The first kappa shape index (κ1) is 8.10. The first-order chi connectivity index (χ1) is 4.18. The molecule has 0 radical (unpaired) electrons. The Morgan fingerprint density at radius 1 is 1.78 bits per heavy atom. The Morgan fingerprint density at radius 2 is 2.33 bits per heavy atom. The van der Waals surface area contributed by atoms with Gasteiger partial charge in [-0.15, -0.1) is 6.42 Å². The highest BCUT2D eigenvalue weighted by atomic mass is 14.9. The van der Waals surface area contributed by atoms with Crippen molar-refractivity contribution in [3.8, 4) is 12.3 Å². The first-order valence-corrected chi connectivity index (χ1v) is 3.04. The SMILES string of the molecule is C#CCNC(=C)C(C)C. The largest absolute Gasteiger partial charge is 0.378 e. The van der Waals surface area contributed by atoms with Crippen LogP contribution < -0.4 is 5.32 Å². The highest BCUT2D eigenvalue weighted by Gasteiger charge is 1.95. The number of hydrogen-bond acceptors (Lipinski definition) is 1. The van der Waals surface area contributed by atoms with E-state index >= 15 is 0 Å². The Morgan fingerprint density at radius 3 is 2.67 bits per heavy atom. The van der Waals surface area contributed by atoms with E-state index in [9.17, 15) is 0 Å². The van der Waals surface area contributed by atoms with E-state index in [0.29, 0.717) is 12.5 Å². The number of terminal acetylenes is 1. The summed E-state index contributed by atoms with van der Waals surface area (Å²) in [5.74, 6) is 2.95. The first-order valence-electron chi connectivity index (χ1n) is 3.04. The summed E-state index contributed by atoms with van der Waals surface area (Å²) in [7, 11) is 0. The van der Waals surface area contributed by atoms with Gasteiger partial charge in [0.1, 0.15) is 0 Å². The number of rotatable bonds is 3. The third-order valence-corrected chi connectivity index (χ3v) is 1.11. The standard InChI is InChI=1S/C8H13N/c1-5-6-9-8(4)7(2)3/h1,7,9H,4,6H2,2-3H3. The molecular formula is C8H13N. The molecule has 0 spiro atoms. The minimum atomic E-state index is 0.471. The van der Waals surface area contributed by atoms with Crippen LogP contribution in [0.5, 0.6) is 0 Å². The van der Waals surface area contributed by atoms with Gasteiger partial charge in [0.15, 0.2) is 0 Å². The summed E-state index contributed by atoms with van der Waals surface area (Å²) in [6.07, 6.45) is 5.02. The van der Waals surface area contributed by atoms with Crippen molar-refractivity contribution in [2.75, 3.05) is 6.54 Å². The Kier molecular flexibility index (Phi) is 3.62. The van der Waals surface area contributed by atoms with E-state index in [1.807, 2.05) is 0 Å². The lowest BCUT2D eigenvalue weighted by atomic mass is 10.1. The second kappa shape index (κ2) is 4.03. The molecule has 0 aromatic heterocycles. The van der Waals surface area contributed by atoms with Crippen LogP contribution in [0.4, 0.5) is 0 Å². The molecule has 0 bridgehead atoms. The Bertz CT molecular complexity index is 128. The normalized spacial score (nSPS) is 8.67. The van der Waals surface area contributed by atoms with E-state index in [-0.39, 0.29) is 0 Å². The molecule has 9 heavy (non-hydrogen) atoms. The van der Waals surface area contributed by atoms with Gasteiger partial charge in [-0.1, -0.05) is 26.3 Å². The van der Waals surface area contributed by atoms with Crippen LogP contribution in [0.25, 0.3) is 0 Å². The molecule has 0 aromatic rings. The minimum Gasteiger partial charge on any atom is -0.378 e. The summed E-state index contributed by atoms with van der Waals surface area (Å²) < 4.78 is 0. The predicted octanol–water partition coefficient (Wildman–Crippen LogP) is 1.38. The maximum absolute atomic E-state index is 5.02. The molecule has 1 nitrogen and oxygen atoms in total. The summed E-state index contributed by atoms with van der Waals surface area (Å²) in [6, 6.07) is 0. The van der Waals surface area contributed by atoms with Crippen molar-refractivity contribution in [1.29, 1.82) is 0 Å². The Hall–Kier alpha value is -0.900. The second-order valence-electron chi connectivity index (χ2n) is 2.24. The van der Waals surface area contributed by atoms with Crippen LogP contribution in [0, 0.1) is 18.3 Å². The molecule has 0 saturated heterocycles. The van der Waals surface area contributed by atoms with Gasteiger partial charge in [0.25, 0.3) is 0 Å². The van der Waals surface area contributed by atoms with Gasteiger partial charge >= 0.3 is 0 Å². The molecule has 0 aliphatic rings. The maximum Gasteiger partial charge on any atom is 0.0760 e. The van der Waals surface area contributed by atoms with Gasteiger partial charge in [-0.3, -0.25) is 0 Å². The molecule has 1 N–H and O–H groups in total. The molecule has 0 aliphatic heterocycles. The predicted molar refractivity (Wildman–Crippen MR) is 40.8 cm³/mol. The molecule has 0 aromatic carbocycles. The zero-order valence-corrected chi connectivity index (χ0v) is 6.07. The summed E-state index contributed by atoms with van der Waals surface area (Å²) in [5, 5.41) is 3.00. The summed E-state index contributed by atoms with van der Waals surface area (Å²) in [4.78, 5) is 0. The molecule has 1 heteroatoms. The Labute approximate surface area is 57.2 Å². The van der Waals surface area contributed by atoms with Gasteiger partial charge in [-0.25, -0.2) is 0 Å². The van der Waals surface area contributed by atoms with Gasteiger partial charge in [0.2, 0.25) is 0 Å². The van der Waals surface area contributed by atoms with E-state index in [0.717, 1.165) is 5.70 Å². The van der Waals surface area contributed by atoms with Crippen molar-refractivity contribution < 1.29 is 0 Å². The summed E-state index contributed by atoms with van der Waals surface area (Å²) >= 11 is 0. The van der Waals surface area contributed by atoms with Gasteiger partial charge in [-0.05, 0) is 5.92 Å². The molecule has 0 saturated carbocycles. The maximum atomic E-state index is 5.02. The van der Waals surface area contributed by atoms with Crippen LogP contribution in [0.1, 0.15) is 13.8 Å². The molecule has 0 atom stereocenters. The van der Waals surface area contributed by atoms with Crippen LogP contribution in [-0.4, -0.2) is 6.54 Å². The van der Waals surface area contributed by atoms with Crippen LogP contribution in [0.15, 0.2) is 12.3 Å². The van der Waals surface area contributed by atoms with Gasteiger partial charge in [0.05, 0.1) is 6.54 Å². The monoisotopic (exact) mass is 123 g/mol. The molecule has 0 aliphatic carbocycles. The number of hydrogen-bond donors (Lipinski definition) is 1. The quantitative estimate of drug-likeness (QED) is 0.559. The van der Waals surface area contributed by atoms with Crippen LogP contribution in [0.3, 0.4) is 0 Å². The molecule has 0 heterocycles. The fraction of sp³-hybridized carbons (Fsp3) is 0.500. The summed E-state index contributed by atoms with van der Waals surface area (Å²) in [6.45, 7) is 8.52. The topological polar surface area (TPSA) is 12.0 Å². The van der Waals surface area contributed by atoms with Gasteiger partial charge in [-0.2, -0.15) is 0 Å². The summed E-state index contributed by atoms with van der Waals surface area (Å²) in [5.41, 5.74) is 1.01. The fourth-order valence-electron chi connectivity index (χ4n) is 0.369. The van der Waals surface area contributed by atoms with Crippen molar-refractivity contribution in [2.24, 2.45) is 5.92 Å². The van der Waals surface area contributed by atoms with E-state index < -0.39 is 0 Å². The van der Waals surface area contributed by atoms with Gasteiger partial charge in [0, 0.05) is 5.70 Å². The molecule has 0 amide bonds. The lowest BCUT2D eigenvalue weighted by Crippen LogP contribution is -2.16. The third-order valence-electron chi connectivity index (χ3n) is 1.11. The highest BCUT2D eigenvalue weighted by molar-refractivity contribution is 4.99. The molecule has 0 fully saturated rings. The van der Waals surface area contributed by atoms with Crippen molar-refractivity contribution in [1.82, 2.24) is 5.32 Å². The second-order valence-corrected chi connectivity index (χ2v) is 2.24. The van der Waals surface area contributed by atoms with E-state index in [2.05, 4.69) is 31.7 Å². The fourth-order valence-corrected chi connectivity index (χ4v) is 0.369. The molecular weight excluding hydrogens is 110 g/mol. The van der Waals surface area contributed by atoms with E-state index in [1.165, 1.54) is 0 Å². The van der Waals surface area contributed by atoms with Crippen LogP contribution >= 0.6 is 0 Å². The van der Waals surface area contributed by atoms with Crippen molar-refractivity contribution in [3.63, 3.8) is 0 Å². The smallest absolute Gasteiger partial charge is 0.0760 e. The molecule has 0 unspecified atom stereocenters. The molecule has 50 valence electrons. The number of nitrogens with one attached hydrogen (secondary N) is 1. The average Bonchev–Trinajstić information content (AvgIpc) is 1.82. The van der Waals surface area contributed by atoms with E-state index in [1.54, 1.807) is 0 Å². The lowest BCUT2D eigenvalue weighted by Gasteiger charge is -2.08. The van der Waals surface area contributed by atoms with Crippen molar-refractivity contribution in [3.05, 3.63) is 12.3 Å². The third kappa shape index (κ3) is 3.66. The molecule has 0 rings (SSSR count). The van der Waals surface area contributed by atoms with Crippen LogP contribution in [-0.2, 0) is 0 Å². The van der Waals surface area contributed by atoms with Crippen molar-refractivity contribution in [2.45, 2.75) is 13.8 Å². The zero-order valence-electron chi connectivity index (χ0n) is 6.07.